The highest BCUT2D eigenvalue weighted by molar-refractivity contribution is 5.71. The molecule has 1 aliphatic heterocycles. The molecule has 1 aromatic rings. The predicted molar refractivity (Wildman–Crippen MR) is 109 cm³/mol. The lowest BCUT2D eigenvalue weighted by Crippen LogP contribution is -2.52. The van der Waals surface area contributed by atoms with E-state index in [0.717, 1.165) is 49.2 Å². The third-order valence-electron chi connectivity index (χ3n) is 6.07. The first-order chi connectivity index (χ1) is 13.7. The lowest BCUT2D eigenvalue weighted by Gasteiger charge is -2.40. The molecule has 1 saturated carbocycles. The minimum atomic E-state index is -0.557. The third-order valence-corrected chi connectivity index (χ3v) is 6.07. The Bertz CT molecular complexity index is 816. The zero-order valence-electron chi connectivity index (χ0n) is 17.4. The van der Waals surface area contributed by atoms with Gasteiger partial charge in [-0.15, -0.1) is 0 Å². The number of aryl methyl sites for hydroxylation is 1. The van der Waals surface area contributed by atoms with E-state index < -0.39 is 11.7 Å². The third kappa shape index (κ3) is 4.46. The van der Waals surface area contributed by atoms with Crippen LogP contribution < -0.4 is 10.2 Å². The van der Waals surface area contributed by atoms with E-state index in [2.05, 4.69) is 15.2 Å². The van der Waals surface area contributed by atoms with E-state index in [1.807, 2.05) is 20.8 Å². The molecule has 8 nitrogen and oxygen atoms in total. The summed E-state index contributed by atoms with van der Waals surface area (Å²) in [7, 11) is 0. The van der Waals surface area contributed by atoms with Crippen LogP contribution in [-0.4, -0.2) is 40.7 Å². The molecule has 0 bridgehead atoms. The number of fused-ring (bicyclic) bond motifs is 1. The second kappa shape index (κ2) is 7.46. The molecule has 0 spiro atoms. The molecule has 1 amide bonds. The van der Waals surface area contributed by atoms with Crippen LogP contribution in [0.15, 0.2) is 6.20 Å². The van der Waals surface area contributed by atoms with Gasteiger partial charge in [0.25, 0.3) is 0 Å². The van der Waals surface area contributed by atoms with Crippen molar-refractivity contribution in [3.8, 4) is 0 Å². The number of alkyl carbamates (subject to hydrolysis) is 1. The SMILES string of the molecule is CC(C)(C)OC(=O)N[C@H]1C[C@@H](C2CC2)CN(c2c([N+](=O)[O-])cnc3c2CCC3)C1. The average Bonchev–Trinajstić information content (AvgIpc) is 3.36. The molecule has 1 aromatic heterocycles. The standard InChI is InChI=1S/C21H30N4O4/c1-21(2,3)29-20(26)23-15-9-14(13-7-8-13)11-24(12-15)19-16-5-4-6-17(16)22-10-18(19)25(27)28/h10,13-15H,4-9,11-12H2,1-3H3,(H,23,26)/t14-,15+/m1/s1. The van der Waals surface area contributed by atoms with E-state index in [-0.39, 0.29) is 16.7 Å². The van der Waals surface area contributed by atoms with Gasteiger partial charge in [0.15, 0.2) is 0 Å². The number of anilines is 1. The molecule has 8 heteroatoms. The largest absolute Gasteiger partial charge is 0.444 e. The highest BCUT2D eigenvalue weighted by Gasteiger charge is 2.41. The zero-order valence-corrected chi connectivity index (χ0v) is 17.4. The summed E-state index contributed by atoms with van der Waals surface area (Å²) >= 11 is 0. The van der Waals surface area contributed by atoms with E-state index in [9.17, 15) is 14.9 Å². The quantitative estimate of drug-likeness (QED) is 0.610. The van der Waals surface area contributed by atoms with Gasteiger partial charge in [-0.2, -0.15) is 0 Å². The van der Waals surface area contributed by atoms with Gasteiger partial charge in [0.2, 0.25) is 0 Å². The molecule has 2 heterocycles. The van der Waals surface area contributed by atoms with E-state index in [1.165, 1.54) is 19.0 Å². The Hall–Kier alpha value is -2.38. The normalized spacial score (nSPS) is 24.2. The predicted octanol–water partition coefficient (Wildman–Crippen LogP) is 3.61. The van der Waals surface area contributed by atoms with Crippen LogP contribution in [0.2, 0.25) is 0 Å². The highest BCUT2D eigenvalue weighted by atomic mass is 16.6. The van der Waals surface area contributed by atoms with Crippen LogP contribution in [-0.2, 0) is 17.6 Å². The molecular weight excluding hydrogens is 372 g/mol. The molecule has 2 atom stereocenters. The molecular formula is C21H30N4O4. The number of hydrogen-bond donors (Lipinski definition) is 1. The van der Waals surface area contributed by atoms with E-state index >= 15 is 0 Å². The minimum absolute atomic E-state index is 0.0816. The summed E-state index contributed by atoms with van der Waals surface area (Å²) in [6, 6.07) is -0.0889. The molecule has 0 aromatic carbocycles. The summed E-state index contributed by atoms with van der Waals surface area (Å²) < 4.78 is 5.44. The van der Waals surface area contributed by atoms with Gasteiger partial charge in [-0.25, -0.2) is 4.79 Å². The average molecular weight is 402 g/mol. The van der Waals surface area contributed by atoms with E-state index in [0.29, 0.717) is 18.4 Å². The van der Waals surface area contributed by atoms with Crippen LogP contribution in [0.1, 0.15) is 57.7 Å². The van der Waals surface area contributed by atoms with Crippen molar-refractivity contribution >= 4 is 17.5 Å². The van der Waals surface area contributed by atoms with Crippen LogP contribution in [0.3, 0.4) is 0 Å². The molecule has 2 aliphatic carbocycles. The van der Waals surface area contributed by atoms with Crippen molar-refractivity contribution in [1.29, 1.82) is 0 Å². The topological polar surface area (TPSA) is 97.6 Å². The number of hydrogen-bond acceptors (Lipinski definition) is 6. The van der Waals surface area contributed by atoms with Crippen LogP contribution in [0.4, 0.5) is 16.2 Å². The summed E-state index contributed by atoms with van der Waals surface area (Å²) in [5.74, 6) is 1.07. The molecule has 3 aliphatic rings. The Balaban J connectivity index is 1.61. The van der Waals surface area contributed by atoms with Gasteiger partial charge in [-0.1, -0.05) is 0 Å². The number of amides is 1. The maximum atomic E-state index is 12.4. The first-order valence-electron chi connectivity index (χ1n) is 10.6. The van der Waals surface area contributed by atoms with E-state index in [1.54, 1.807) is 0 Å². The van der Waals surface area contributed by atoms with Gasteiger partial charge < -0.3 is 15.0 Å². The second-order valence-electron chi connectivity index (χ2n) is 9.61. The molecule has 0 radical (unpaired) electrons. The van der Waals surface area contributed by atoms with Crippen molar-refractivity contribution in [2.75, 3.05) is 18.0 Å². The van der Waals surface area contributed by atoms with Crippen molar-refractivity contribution in [3.63, 3.8) is 0 Å². The maximum Gasteiger partial charge on any atom is 0.407 e. The van der Waals surface area contributed by atoms with Crippen LogP contribution in [0.5, 0.6) is 0 Å². The number of carbonyl (C=O) groups is 1. The summed E-state index contributed by atoms with van der Waals surface area (Å²) in [5.41, 5.74) is 2.25. The molecule has 158 valence electrons. The zero-order chi connectivity index (χ0) is 20.8. The number of rotatable bonds is 4. The van der Waals surface area contributed by atoms with Gasteiger partial charge in [-0.3, -0.25) is 15.1 Å². The number of carbonyl (C=O) groups excluding carboxylic acids is 1. The monoisotopic (exact) mass is 402 g/mol. The van der Waals surface area contributed by atoms with E-state index in [4.69, 9.17) is 4.74 Å². The second-order valence-corrected chi connectivity index (χ2v) is 9.61. The van der Waals surface area contributed by atoms with Crippen molar-refractivity contribution in [2.24, 2.45) is 11.8 Å². The molecule has 1 N–H and O–H groups in total. The number of nitrogens with one attached hydrogen (secondary N) is 1. The minimum Gasteiger partial charge on any atom is -0.444 e. The van der Waals surface area contributed by atoms with Crippen molar-refractivity contribution in [3.05, 3.63) is 27.6 Å². The summed E-state index contributed by atoms with van der Waals surface area (Å²) in [6.45, 7) is 6.89. The fourth-order valence-electron chi connectivity index (χ4n) is 4.78. The number of nitrogens with zero attached hydrogens (tertiary/aromatic N) is 3. The summed E-state index contributed by atoms with van der Waals surface area (Å²) in [6.07, 6.45) is 6.97. The van der Waals surface area contributed by atoms with Gasteiger partial charge in [-0.05, 0) is 71.1 Å². The Labute approximate surface area is 171 Å². The van der Waals surface area contributed by atoms with Crippen molar-refractivity contribution in [2.45, 2.75) is 70.9 Å². The Morgan fingerprint density at radius 1 is 1.28 bits per heavy atom. The van der Waals surface area contributed by atoms with Crippen LogP contribution in [0, 0.1) is 22.0 Å². The number of piperidine rings is 1. The molecule has 0 unspecified atom stereocenters. The molecule has 4 rings (SSSR count). The maximum absolute atomic E-state index is 12.4. The molecule has 2 fully saturated rings. The lowest BCUT2D eigenvalue weighted by atomic mass is 9.89. The van der Waals surface area contributed by atoms with Crippen LogP contribution in [0.25, 0.3) is 0 Å². The number of nitro groups is 1. The first-order valence-corrected chi connectivity index (χ1v) is 10.6. The number of ether oxygens (including phenoxy) is 1. The fraction of sp³-hybridized carbons (Fsp3) is 0.714. The van der Waals surface area contributed by atoms with Gasteiger partial charge in [0.05, 0.1) is 11.0 Å². The lowest BCUT2D eigenvalue weighted by molar-refractivity contribution is -0.384. The van der Waals surface area contributed by atoms with Gasteiger partial charge in [0, 0.05) is 24.3 Å². The van der Waals surface area contributed by atoms with Crippen molar-refractivity contribution in [1.82, 2.24) is 10.3 Å². The molecule has 29 heavy (non-hydrogen) atoms. The summed E-state index contributed by atoms with van der Waals surface area (Å²) in [5, 5.41) is 14.8. The molecule has 1 saturated heterocycles. The smallest absolute Gasteiger partial charge is 0.407 e. The first kappa shape index (κ1) is 19.9. The number of aromatic nitrogens is 1. The van der Waals surface area contributed by atoms with Gasteiger partial charge >= 0.3 is 11.8 Å². The Morgan fingerprint density at radius 2 is 2.03 bits per heavy atom. The number of pyridine rings is 1. The van der Waals surface area contributed by atoms with Crippen LogP contribution >= 0.6 is 0 Å². The summed E-state index contributed by atoms with van der Waals surface area (Å²) in [4.78, 5) is 30.3. The highest BCUT2D eigenvalue weighted by Crippen LogP contribution is 2.44. The Kier molecular flexibility index (Phi) is 5.12. The Morgan fingerprint density at radius 3 is 2.69 bits per heavy atom. The fourth-order valence-corrected chi connectivity index (χ4v) is 4.78. The van der Waals surface area contributed by atoms with Crippen molar-refractivity contribution < 1.29 is 14.5 Å². The van der Waals surface area contributed by atoms with Gasteiger partial charge in [0.1, 0.15) is 17.5 Å².